The number of hydrogen-bond donors (Lipinski definition) is 3. The van der Waals surface area contributed by atoms with Gasteiger partial charge < -0.3 is 15.8 Å². The average molecular weight is 311 g/mol. The van der Waals surface area contributed by atoms with Gasteiger partial charge in [-0.1, -0.05) is 6.92 Å². The molecular formula is C14H21N3O3S. The molecule has 7 heteroatoms. The van der Waals surface area contributed by atoms with Gasteiger partial charge in [-0.15, -0.1) is 0 Å². The third-order valence-corrected chi connectivity index (χ3v) is 5.16. The van der Waals surface area contributed by atoms with Crippen LogP contribution in [0.5, 0.6) is 0 Å². The second kappa shape index (κ2) is 5.32. The standard InChI is InChI=1S/C14H21N3O3S/c1-4-17(9-14(2,3)18)21(19,20)13-8-16-12-7-10(15)5-6-11(12)13/h5-8,16,18H,4,9,15H2,1-3H3. The summed E-state index contributed by atoms with van der Waals surface area (Å²) in [6.45, 7) is 5.24. The molecule has 0 aliphatic carbocycles. The number of anilines is 1. The Morgan fingerprint density at radius 3 is 2.62 bits per heavy atom. The largest absolute Gasteiger partial charge is 0.399 e. The zero-order chi connectivity index (χ0) is 15.8. The van der Waals surface area contributed by atoms with E-state index in [0.29, 0.717) is 16.6 Å². The summed E-state index contributed by atoms with van der Waals surface area (Å²) in [6.07, 6.45) is 1.46. The first-order chi connectivity index (χ1) is 9.65. The molecular weight excluding hydrogens is 290 g/mol. The van der Waals surface area contributed by atoms with Crippen molar-refractivity contribution in [2.75, 3.05) is 18.8 Å². The van der Waals surface area contributed by atoms with Crippen LogP contribution in [0.15, 0.2) is 29.3 Å². The van der Waals surface area contributed by atoms with Crippen molar-refractivity contribution in [3.05, 3.63) is 24.4 Å². The van der Waals surface area contributed by atoms with Crippen molar-refractivity contribution >= 4 is 26.6 Å². The van der Waals surface area contributed by atoms with Crippen LogP contribution in [0.3, 0.4) is 0 Å². The van der Waals surface area contributed by atoms with Crippen molar-refractivity contribution in [3.8, 4) is 0 Å². The Labute approximate surface area is 124 Å². The van der Waals surface area contributed by atoms with Crippen LogP contribution in [0.4, 0.5) is 5.69 Å². The molecule has 0 atom stereocenters. The van der Waals surface area contributed by atoms with E-state index < -0.39 is 15.6 Å². The van der Waals surface area contributed by atoms with E-state index in [-0.39, 0.29) is 18.0 Å². The third-order valence-electron chi connectivity index (χ3n) is 3.20. The number of benzene rings is 1. The molecule has 0 aliphatic heterocycles. The Bertz CT molecular complexity index is 744. The molecule has 0 radical (unpaired) electrons. The minimum atomic E-state index is -3.68. The summed E-state index contributed by atoms with van der Waals surface area (Å²) < 4.78 is 26.8. The van der Waals surface area contributed by atoms with Gasteiger partial charge in [-0.2, -0.15) is 4.31 Å². The lowest BCUT2D eigenvalue weighted by molar-refractivity contribution is 0.0601. The Balaban J connectivity index is 2.50. The van der Waals surface area contributed by atoms with Crippen LogP contribution >= 0.6 is 0 Å². The Kier molecular flexibility index (Phi) is 4.01. The molecule has 1 aromatic carbocycles. The fraction of sp³-hybridized carbons (Fsp3) is 0.429. The summed E-state index contributed by atoms with van der Waals surface area (Å²) in [4.78, 5) is 3.13. The first kappa shape index (κ1) is 15.8. The van der Waals surface area contributed by atoms with Gasteiger partial charge in [0.1, 0.15) is 4.90 Å². The monoisotopic (exact) mass is 311 g/mol. The number of aromatic nitrogens is 1. The van der Waals surface area contributed by atoms with Crippen molar-refractivity contribution in [3.63, 3.8) is 0 Å². The van der Waals surface area contributed by atoms with Gasteiger partial charge in [0.05, 0.1) is 5.60 Å². The highest BCUT2D eigenvalue weighted by atomic mass is 32.2. The topological polar surface area (TPSA) is 99.4 Å². The smallest absolute Gasteiger partial charge is 0.245 e. The molecule has 116 valence electrons. The van der Waals surface area contributed by atoms with Gasteiger partial charge in [0.15, 0.2) is 0 Å². The summed E-state index contributed by atoms with van der Waals surface area (Å²) in [7, 11) is -3.68. The van der Waals surface area contributed by atoms with Crippen LogP contribution in [0.25, 0.3) is 10.9 Å². The molecule has 1 aromatic heterocycles. The minimum Gasteiger partial charge on any atom is -0.399 e. The number of likely N-dealkylation sites (N-methyl/N-ethyl adjacent to an activating group) is 1. The van der Waals surface area contributed by atoms with E-state index >= 15 is 0 Å². The van der Waals surface area contributed by atoms with Crippen molar-refractivity contribution in [2.24, 2.45) is 0 Å². The van der Waals surface area contributed by atoms with E-state index in [1.165, 1.54) is 10.5 Å². The van der Waals surface area contributed by atoms with E-state index in [0.717, 1.165) is 0 Å². The predicted molar refractivity (Wildman–Crippen MR) is 83.4 cm³/mol. The molecule has 4 N–H and O–H groups in total. The normalized spacial score (nSPS) is 13.2. The van der Waals surface area contributed by atoms with Gasteiger partial charge in [-0.25, -0.2) is 8.42 Å². The molecule has 0 bridgehead atoms. The maximum Gasteiger partial charge on any atom is 0.245 e. The Hall–Kier alpha value is -1.57. The SMILES string of the molecule is CCN(CC(C)(C)O)S(=O)(=O)c1c[nH]c2cc(N)ccc12. The van der Waals surface area contributed by atoms with Gasteiger partial charge >= 0.3 is 0 Å². The highest BCUT2D eigenvalue weighted by Crippen LogP contribution is 2.27. The third kappa shape index (κ3) is 3.20. The molecule has 21 heavy (non-hydrogen) atoms. The van der Waals surface area contributed by atoms with Gasteiger partial charge in [-0.05, 0) is 32.0 Å². The number of nitrogens with two attached hydrogens (primary N) is 1. The number of aromatic amines is 1. The first-order valence-electron chi connectivity index (χ1n) is 6.74. The Morgan fingerprint density at radius 2 is 2.05 bits per heavy atom. The van der Waals surface area contributed by atoms with Crippen molar-refractivity contribution < 1.29 is 13.5 Å². The summed E-state index contributed by atoms with van der Waals surface area (Å²) in [5.74, 6) is 0. The number of nitrogens with zero attached hydrogens (tertiary/aromatic N) is 1. The molecule has 0 unspecified atom stereocenters. The van der Waals surface area contributed by atoms with Crippen LogP contribution in [0.1, 0.15) is 20.8 Å². The lowest BCUT2D eigenvalue weighted by Gasteiger charge is -2.27. The Morgan fingerprint density at radius 1 is 1.38 bits per heavy atom. The molecule has 1 heterocycles. The highest BCUT2D eigenvalue weighted by molar-refractivity contribution is 7.89. The van der Waals surface area contributed by atoms with Crippen LogP contribution in [0.2, 0.25) is 0 Å². The summed E-state index contributed by atoms with van der Waals surface area (Å²) in [6, 6.07) is 5.05. The molecule has 0 fully saturated rings. The molecule has 0 saturated carbocycles. The zero-order valence-electron chi connectivity index (χ0n) is 12.4. The summed E-state index contributed by atoms with van der Waals surface area (Å²) >= 11 is 0. The number of hydrogen-bond acceptors (Lipinski definition) is 4. The van der Waals surface area contributed by atoms with E-state index in [1.54, 1.807) is 39.0 Å². The number of fused-ring (bicyclic) bond motifs is 1. The number of rotatable bonds is 5. The van der Waals surface area contributed by atoms with Crippen LogP contribution in [-0.4, -0.2) is 41.5 Å². The van der Waals surface area contributed by atoms with Crippen molar-refractivity contribution in [1.29, 1.82) is 0 Å². The molecule has 0 saturated heterocycles. The lowest BCUT2D eigenvalue weighted by Crippen LogP contribution is -2.42. The van der Waals surface area contributed by atoms with Crippen LogP contribution < -0.4 is 5.73 Å². The second-order valence-corrected chi connectivity index (χ2v) is 7.61. The van der Waals surface area contributed by atoms with E-state index in [2.05, 4.69) is 4.98 Å². The molecule has 0 aliphatic rings. The molecule has 2 rings (SSSR count). The van der Waals surface area contributed by atoms with E-state index in [4.69, 9.17) is 5.73 Å². The highest BCUT2D eigenvalue weighted by Gasteiger charge is 2.30. The fourth-order valence-electron chi connectivity index (χ4n) is 2.27. The molecule has 2 aromatic rings. The maximum absolute atomic E-state index is 12.8. The van der Waals surface area contributed by atoms with Gasteiger partial charge in [0, 0.05) is 35.9 Å². The quantitative estimate of drug-likeness (QED) is 0.729. The van der Waals surface area contributed by atoms with Gasteiger partial charge in [-0.3, -0.25) is 0 Å². The fourth-order valence-corrected chi connectivity index (χ4v) is 4.04. The van der Waals surface area contributed by atoms with Crippen LogP contribution in [0, 0.1) is 0 Å². The van der Waals surface area contributed by atoms with Crippen molar-refractivity contribution in [1.82, 2.24) is 9.29 Å². The molecule has 6 nitrogen and oxygen atoms in total. The maximum atomic E-state index is 12.8. The first-order valence-corrected chi connectivity index (χ1v) is 8.18. The lowest BCUT2D eigenvalue weighted by atomic mass is 10.1. The second-order valence-electron chi connectivity index (χ2n) is 5.70. The van der Waals surface area contributed by atoms with Crippen molar-refractivity contribution in [2.45, 2.75) is 31.3 Å². The van der Waals surface area contributed by atoms with Crippen LogP contribution in [-0.2, 0) is 10.0 Å². The summed E-state index contributed by atoms with van der Waals surface area (Å²) in [5, 5.41) is 10.5. The number of aliphatic hydroxyl groups is 1. The zero-order valence-corrected chi connectivity index (χ0v) is 13.2. The van der Waals surface area contributed by atoms with Gasteiger partial charge in [0.2, 0.25) is 10.0 Å². The number of nitrogen functional groups attached to an aromatic ring is 1. The van der Waals surface area contributed by atoms with E-state index in [9.17, 15) is 13.5 Å². The predicted octanol–water partition coefficient (Wildman–Crippen LogP) is 1.53. The van der Waals surface area contributed by atoms with Gasteiger partial charge in [0.25, 0.3) is 0 Å². The minimum absolute atomic E-state index is 0.0352. The number of H-pyrrole nitrogens is 1. The molecule has 0 spiro atoms. The average Bonchev–Trinajstić information content (AvgIpc) is 2.78. The number of sulfonamides is 1. The number of nitrogens with one attached hydrogen (secondary N) is 1. The summed E-state index contributed by atoms with van der Waals surface area (Å²) in [5.41, 5.74) is 5.84. The molecule has 0 amide bonds. The van der Waals surface area contributed by atoms with E-state index in [1.807, 2.05) is 0 Å².